The molecule has 2 aliphatic carbocycles. The zero-order valence-corrected chi connectivity index (χ0v) is 33.1. The highest BCUT2D eigenvalue weighted by atomic mass is 19.4. The Kier molecular flexibility index (Phi) is 11.6. The Morgan fingerprint density at radius 2 is 1.12 bits per heavy atom. The molecule has 0 heterocycles. The Morgan fingerprint density at radius 3 is 1.73 bits per heavy atom. The standard InChI is InChI=1S/C50H48F6O3/c1-31(34-11-17-41(18-12-34)57-30-48(49(51,52)53)50(54,55)56)25-40(36-15-21-43(22-16-36)59-47-28-33-7-8-39(47)27-33)26-32(2)35-13-19-42(20-14-35)58-44-23-24-46-38(29-44)10-9-37-5-3-4-6-45(37)46/h3-6,9-24,29,31-33,39-40,47-48H,7-8,25-28,30H2,1-2H3. The van der Waals surface area contributed by atoms with Crippen LogP contribution in [0.15, 0.2) is 127 Å². The number of ether oxygens (including phenoxy) is 3. The van der Waals surface area contributed by atoms with Crippen molar-refractivity contribution in [1.29, 1.82) is 0 Å². The molecule has 59 heavy (non-hydrogen) atoms. The summed E-state index contributed by atoms with van der Waals surface area (Å²) in [6, 6.07) is 41.8. The molecule has 0 saturated heterocycles. The normalized spacial score (nSPS) is 19.6. The minimum atomic E-state index is -5.45. The molecule has 0 spiro atoms. The summed E-state index contributed by atoms with van der Waals surface area (Å²) < 4.78 is 96.1. The second-order valence-electron chi connectivity index (χ2n) is 16.7. The predicted molar refractivity (Wildman–Crippen MR) is 221 cm³/mol. The van der Waals surface area contributed by atoms with Crippen molar-refractivity contribution in [3.63, 3.8) is 0 Å². The quantitative estimate of drug-likeness (QED) is 0.0810. The van der Waals surface area contributed by atoms with Crippen molar-refractivity contribution in [3.8, 4) is 23.0 Å². The van der Waals surface area contributed by atoms with E-state index >= 15 is 0 Å². The van der Waals surface area contributed by atoms with Crippen LogP contribution in [-0.4, -0.2) is 25.1 Å². The minimum absolute atomic E-state index is 0.0278. The molecule has 0 radical (unpaired) electrons. The van der Waals surface area contributed by atoms with Gasteiger partial charge in [0.05, 0.1) is 0 Å². The van der Waals surface area contributed by atoms with Crippen LogP contribution in [0.5, 0.6) is 23.0 Å². The molecule has 0 aliphatic heterocycles. The fraction of sp³-hybridized carbons (Fsp3) is 0.360. The number of hydrogen-bond donors (Lipinski definition) is 0. The summed E-state index contributed by atoms with van der Waals surface area (Å²) in [6.45, 7) is 2.78. The van der Waals surface area contributed by atoms with Gasteiger partial charge in [0.15, 0.2) is 5.92 Å². The molecule has 2 saturated carbocycles. The van der Waals surface area contributed by atoms with Crippen LogP contribution in [0.25, 0.3) is 21.5 Å². The first-order chi connectivity index (χ1) is 28.3. The second-order valence-corrected chi connectivity index (χ2v) is 16.7. The summed E-state index contributed by atoms with van der Waals surface area (Å²) in [5, 5.41) is 4.70. The first-order valence-corrected chi connectivity index (χ1v) is 20.6. The Balaban J connectivity index is 0.954. The molecule has 3 nitrogen and oxygen atoms in total. The van der Waals surface area contributed by atoms with Crippen molar-refractivity contribution in [3.05, 3.63) is 144 Å². The van der Waals surface area contributed by atoms with E-state index in [1.807, 2.05) is 24.3 Å². The van der Waals surface area contributed by atoms with Crippen LogP contribution in [0.2, 0.25) is 0 Å². The van der Waals surface area contributed by atoms with Crippen molar-refractivity contribution < 1.29 is 40.6 Å². The number of rotatable bonds is 14. The van der Waals surface area contributed by atoms with Crippen LogP contribution in [0, 0.1) is 17.8 Å². The maximum Gasteiger partial charge on any atom is 0.403 e. The summed E-state index contributed by atoms with van der Waals surface area (Å²) in [7, 11) is 0. The summed E-state index contributed by atoms with van der Waals surface area (Å²) in [5.74, 6) is 0.576. The van der Waals surface area contributed by atoms with Gasteiger partial charge in [-0.05, 0) is 155 Å². The minimum Gasteiger partial charge on any atom is -0.493 e. The van der Waals surface area contributed by atoms with Gasteiger partial charge < -0.3 is 14.2 Å². The lowest BCUT2D eigenvalue weighted by atomic mass is 9.79. The van der Waals surface area contributed by atoms with E-state index in [0.29, 0.717) is 5.92 Å². The van der Waals surface area contributed by atoms with E-state index in [9.17, 15) is 26.3 Å². The molecule has 2 bridgehead atoms. The summed E-state index contributed by atoms with van der Waals surface area (Å²) in [5.41, 5.74) is 3.27. The van der Waals surface area contributed by atoms with E-state index in [1.165, 1.54) is 58.7 Å². The molecular weight excluding hydrogens is 763 g/mol. The van der Waals surface area contributed by atoms with Crippen LogP contribution in [-0.2, 0) is 0 Å². The molecule has 2 aliphatic rings. The van der Waals surface area contributed by atoms with E-state index in [0.717, 1.165) is 53.4 Å². The average molecular weight is 811 g/mol. The van der Waals surface area contributed by atoms with Gasteiger partial charge in [-0.3, -0.25) is 0 Å². The van der Waals surface area contributed by atoms with E-state index in [-0.39, 0.29) is 29.6 Å². The summed E-state index contributed by atoms with van der Waals surface area (Å²) >= 11 is 0. The third kappa shape index (κ3) is 9.50. The van der Waals surface area contributed by atoms with Crippen molar-refractivity contribution in [2.45, 2.75) is 88.6 Å². The smallest absolute Gasteiger partial charge is 0.403 e. The second kappa shape index (κ2) is 16.8. The van der Waals surface area contributed by atoms with Crippen molar-refractivity contribution in [2.75, 3.05) is 6.61 Å². The maximum absolute atomic E-state index is 13.1. The van der Waals surface area contributed by atoms with Crippen LogP contribution < -0.4 is 14.2 Å². The zero-order chi connectivity index (χ0) is 41.3. The predicted octanol–water partition coefficient (Wildman–Crippen LogP) is 14.9. The molecule has 6 atom stereocenters. The molecular formula is C50H48F6O3. The Labute approximate surface area is 341 Å². The number of fused-ring (bicyclic) bond motifs is 5. The SMILES string of the molecule is CC(CC(CC(C)c1ccc(Oc2ccc3c(ccc4ccccc43)c2)cc1)c1ccc(OC2CC3CCC2C3)cc1)c1ccc(OCC(C(F)(F)F)C(F)(F)F)cc1. The van der Waals surface area contributed by atoms with Gasteiger partial charge in [-0.2, -0.15) is 26.3 Å². The molecule has 308 valence electrons. The molecule has 8 rings (SSSR count). The topological polar surface area (TPSA) is 27.7 Å². The van der Waals surface area contributed by atoms with Gasteiger partial charge in [0, 0.05) is 0 Å². The highest BCUT2D eigenvalue weighted by Gasteiger charge is 2.57. The van der Waals surface area contributed by atoms with E-state index in [4.69, 9.17) is 14.2 Å². The summed E-state index contributed by atoms with van der Waals surface area (Å²) in [4.78, 5) is 0. The number of benzene rings is 6. The first-order valence-electron chi connectivity index (χ1n) is 20.6. The van der Waals surface area contributed by atoms with E-state index in [2.05, 4.69) is 92.7 Å². The van der Waals surface area contributed by atoms with Crippen LogP contribution >= 0.6 is 0 Å². The molecule has 6 unspecified atom stereocenters. The van der Waals surface area contributed by atoms with Crippen LogP contribution in [0.4, 0.5) is 26.3 Å². The highest BCUT2D eigenvalue weighted by Crippen LogP contribution is 2.46. The van der Waals surface area contributed by atoms with Gasteiger partial charge in [0.25, 0.3) is 0 Å². The Hall–Kier alpha value is -5.18. The fourth-order valence-electron chi connectivity index (χ4n) is 9.32. The molecule has 2 fully saturated rings. The van der Waals surface area contributed by atoms with Gasteiger partial charge >= 0.3 is 12.4 Å². The van der Waals surface area contributed by atoms with E-state index < -0.39 is 24.9 Å². The third-order valence-corrected chi connectivity index (χ3v) is 12.6. The molecule has 0 N–H and O–H groups in total. The van der Waals surface area contributed by atoms with Crippen molar-refractivity contribution in [1.82, 2.24) is 0 Å². The van der Waals surface area contributed by atoms with Crippen LogP contribution in [0.1, 0.15) is 86.8 Å². The lowest BCUT2D eigenvalue weighted by Crippen LogP contribution is -2.40. The number of halogens is 6. The van der Waals surface area contributed by atoms with Gasteiger partial charge in [0.1, 0.15) is 35.7 Å². The van der Waals surface area contributed by atoms with Gasteiger partial charge in [0.2, 0.25) is 0 Å². The van der Waals surface area contributed by atoms with Gasteiger partial charge in [-0.15, -0.1) is 0 Å². The number of hydrogen-bond acceptors (Lipinski definition) is 3. The molecule has 9 heteroatoms. The summed E-state index contributed by atoms with van der Waals surface area (Å²) in [6.07, 6.45) is -4.07. The monoisotopic (exact) mass is 810 g/mol. The molecule has 0 aromatic heterocycles. The van der Waals surface area contributed by atoms with E-state index in [1.54, 1.807) is 12.1 Å². The largest absolute Gasteiger partial charge is 0.493 e. The van der Waals surface area contributed by atoms with Gasteiger partial charge in [-0.1, -0.05) is 92.7 Å². The Bertz CT molecular complexity index is 2320. The average Bonchev–Trinajstić information content (AvgIpc) is 3.84. The molecule has 6 aromatic rings. The highest BCUT2D eigenvalue weighted by molar-refractivity contribution is 6.07. The molecule has 6 aromatic carbocycles. The van der Waals surface area contributed by atoms with Crippen molar-refractivity contribution >= 4 is 21.5 Å². The lowest BCUT2D eigenvalue weighted by Gasteiger charge is -2.26. The lowest BCUT2D eigenvalue weighted by molar-refractivity contribution is -0.289. The maximum atomic E-state index is 13.1. The van der Waals surface area contributed by atoms with Crippen LogP contribution in [0.3, 0.4) is 0 Å². The zero-order valence-electron chi connectivity index (χ0n) is 33.1. The van der Waals surface area contributed by atoms with Crippen molar-refractivity contribution in [2.24, 2.45) is 17.8 Å². The fourth-order valence-corrected chi connectivity index (χ4v) is 9.32. The van der Waals surface area contributed by atoms with Gasteiger partial charge in [-0.25, -0.2) is 0 Å². The Morgan fingerprint density at radius 1 is 0.559 bits per heavy atom. The number of alkyl halides is 6. The first kappa shape index (κ1) is 40.6. The molecule has 0 amide bonds. The third-order valence-electron chi connectivity index (χ3n) is 12.6.